The molecule has 1 rings (SSSR count). The Labute approximate surface area is 138 Å². The van der Waals surface area contributed by atoms with E-state index in [0.717, 1.165) is 0 Å². The van der Waals surface area contributed by atoms with E-state index in [9.17, 15) is 18.0 Å². The molecular formula is C14H27N3O5S. The number of alkyl carbamates (subject to hydrolysis) is 1. The fraction of sp³-hybridized carbons (Fsp3) is 0.857. The van der Waals surface area contributed by atoms with Crippen LogP contribution in [0, 0.1) is 5.92 Å². The first-order chi connectivity index (χ1) is 10.5. The van der Waals surface area contributed by atoms with Crippen LogP contribution in [0.3, 0.4) is 0 Å². The van der Waals surface area contributed by atoms with Crippen molar-refractivity contribution in [1.29, 1.82) is 0 Å². The van der Waals surface area contributed by atoms with Gasteiger partial charge in [-0.05, 0) is 33.6 Å². The molecule has 1 fully saturated rings. The summed E-state index contributed by atoms with van der Waals surface area (Å²) in [6.07, 6.45) is 1.68. The van der Waals surface area contributed by atoms with Crippen molar-refractivity contribution < 1.29 is 22.7 Å². The van der Waals surface area contributed by atoms with Gasteiger partial charge >= 0.3 is 6.09 Å². The van der Waals surface area contributed by atoms with E-state index in [2.05, 4.69) is 10.6 Å². The quantitative estimate of drug-likeness (QED) is 0.695. The van der Waals surface area contributed by atoms with Crippen LogP contribution in [0.15, 0.2) is 0 Å². The Balaban J connectivity index is 2.22. The highest BCUT2D eigenvalue weighted by molar-refractivity contribution is 7.88. The molecule has 0 unspecified atom stereocenters. The number of carbonyl (C=O) groups is 2. The minimum atomic E-state index is -3.18. The zero-order valence-corrected chi connectivity index (χ0v) is 15.0. The van der Waals surface area contributed by atoms with Gasteiger partial charge < -0.3 is 15.4 Å². The van der Waals surface area contributed by atoms with Gasteiger partial charge in [-0.1, -0.05) is 0 Å². The van der Waals surface area contributed by atoms with Gasteiger partial charge in [-0.2, -0.15) is 0 Å². The number of hydrogen-bond acceptors (Lipinski definition) is 5. The third-order valence-electron chi connectivity index (χ3n) is 3.39. The average Bonchev–Trinajstić information content (AvgIpc) is 2.40. The molecule has 9 heteroatoms. The van der Waals surface area contributed by atoms with Gasteiger partial charge in [0, 0.05) is 32.1 Å². The van der Waals surface area contributed by atoms with E-state index in [1.54, 1.807) is 20.8 Å². The van der Waals surface area contributed by atoms with Gasteiger partial charge in [0.05, 0.1) is 6.26 Å². The molecule has 1 saturated heterocycles. The van der Waals surface area contributed by atoms with Gasteiger partial charge in [0.1, 0.15) is 5.60 Å². The lowest BCUT2D eigenvalue weighted by Crippen LogP contribution is -2.44. The molecule has 23 heavy (non-hydrogen) atoms. The van der Waals surface area contributed by atoms with Crippen molar-refractivity contribution in [2.24, 2.45) is 5.92 Å². The SMILES string of the molecule is CC(C)(C)OC(=O)NCCNC(=O)C1CCN(S(C)(=O)=O)CC1. The van der Waals surface area contributed by atoms with Gasteiger partial charge in [0.15, 0.2) is 0 Å². The molecule has 1 aliphatic heterocycles. The Bertz CT molecular complexity index is 519. The number of carbonyl (C=O) groups excluding carboxylic acids is 2. The standard InChI is InChI=1S/C14H27N3O5S/c1-14(2,3)22-13(19)16-8-7-15-12(18)11-5-9-17(10-6-11)23(4,20)21/h11H,5-10H2,1-4H3,(H,15,18)(H,16,19). The number of nitrogens with one attached hydrogen (secondary N) is 2. The summed E-state index contributed by atoms with van der Waals surface area (Å²) in [5, 5.41) is 5.31. The molecule has 0 saturated carbocycles. The average molecular weight is 349 g/mol. The molecule has 1 heterocycles. The minimum Gasteiger partial charge on any atom is -0.444 e. The van der Waals surface area contributed by atoms with E-state index in [1.165, 1.54) is 10.6 Å². The summed E-state index contributed by atoms with van der Waals surface area (Å²) in [6, 6.07) is 0. The number of piperidine rings is 1. The molecule has 1 aliphatic rings. The van der Waals surface area contributed by atoms with Gasteiger partial charge in [-0.25, -0.2) is 17.5 Å². The molecule has 0 aromatic heterocycles. The summed E-state index contributed by atoms with van der Waals surface area (Å²) in [5.74, 6) is -0.293. The lowest BCUT2D eigenvalue weighted by molar-refractivity contribution is -0.126. The van der Waals surface area contributed by atoms with Crippen LogP contribution in [-0.2, 0) is 19.6 Å². The molecule has 134 valence electrons. The van der Waals surface area contributed by atoms with E-state index in [0.29, 0.717) is 32.5 Å². The first-order valence-electron chi connectivity index (χ1n) is 7.69. The van der Waals surface area contributed by atoms with Crippen LogP contribution in [0.2, 0.25) is 0 Å². The monoisotopic (exact) mass is 349 g/mol. The van der Waals surface area contributed by atoms with E-state index in [1.807, 2.05) is 0 Å². The number of sulfonamides is 1. The first kappa shape index (κ1) is 19.7. The Morgan fingerprint density at radius 1 is 1.13 bits per heavy atom. The highest BCUT2D eigenvalue weighted by Crippen LogP contribution is 2.19. The van der Waals surface area contributed by atoms with Crippen LogP contribution in [0.5, 0.6) is 0 Å². The van der Waals surface area contributed by atoms with Crippen molar-refractivity contribution in [3.8, 4) is 0 Å². The molecule has 0 aromatic rings. The number of hydrogen-bond donors (Lipinski definition) is 2. The fourth-order valence-corrected chi connectivity index (χ4v) is 3.13. The van der Waals surface area contributed by atoms with E-state index >= 15 is 0 Å². The predicted octanol–water partition coefficient (Wildman–Crippen LogP) is 0.299. The van der Waals surface area contributed by atoms with Crippen molar-refractivity contribution >= 4 is 22.0 Å². The highest BCUT2D eigenvalue weighted by Gasteiger charge is 2.28. The van der Waals surface area contributed by atoms with Crippen LogP contribution in [0.25, 0.3) is 0 Å². The number of ether oxygens (including phenoxy) is 1. The van der Waals surface area contributed by atoms with Crippen molar-refractivity contribution in [3.63, 3.8) is 0 Å². The second kappa shape index (κ2) is 7.96. The van der Waals surface area contributed by atoms with Gasteiger partial charge in [0.2, 0.25) is 15.9 Å². The molecule has 2 N–H and O–H groups in total. The van der Waals surface area contributed by atoms with Gasteiger partial charge in [-0.3, -0.25) is 4.79 Å². The summed E-state index contributed by atoms with van der Waals surface area (Å²) in [6.45, 7) is 6.65. The molecule has 2 amide bonds. The van der Waals surface area contributed by atoms with Crippen molar-refractivity contribution in [3.05, 3.63) is 0 Å². The predicted molar refractivity (Wildman–Crippen MR) is 86.4 cm³/mol. The number of rotatable bonds is 5. The Kier molecular flexibility index (Phi) is 6.82. The van der Waals surface area contributed by atoms with Crippen LogP contribution in [-0.4, -0.2) is 62.8 Å². The minimum absolute atomic E-state index is 0.107. The van der Waals surface area contributed by atoms with Crippen LogP contribution < -0.4 is 10.6 Å². The summed E-state index contributed by atoms with van der Waals surface area (Å²) < 4.78 is 29.3. The van der Waals surface area contributed by atoms with Crippen LogP contribution in [0.1, 0.15) is 33.6 Å². The van der Waals surface area contributed by atoms with E-state index in [4.69, 9.17) is 4.74 Å². The molecule has 0 atom stereocenters. The summed E-state index contributed by atoms with van der Waals surface area (Å²) in [7, 11) is -3.18. The molecule has 0 aromatic carbocycles. The summed E-state index contributed by atoms with van der Waals surface area (Å²) >= 11 is 0. The van der Waals surface area contributed by atoms with Crippen molar-refractivity contribution in [2.75, 3.05) is 32.4 Å². The normalized spacial score (nSPS) is 17.6. The molecular weight excluding hydrogens is 322 g/mol. The van der Waals surface area contributed by atoms with Crippen molar-refractivity contribution in [1.82, 2.24) is 14.9 Å². The number of amides is 2. The van der Waals surface area contributed by atoms with Gasteiger partial charge in [-0.15, -0.1) is 0 Å². The third-order valence-corrected chi connectivity index (χ3v) is 4.69. The Hall–Kier alpha value is -1.35. The maximum Gasteiger partial charge on any atom is 0.407 e. The number of nitrogens with zero attached hydrogens (tertiary/aromatic N) is 1. The Morgan fingerprint density at radius 2 is 1.65 bits per heavy atom. The van der Waals surface area contributed by atoms with Crippen molar-refractivity contribution in [2.45, 2.75) is 39.2 Å². The maximum absolute atomic E-state index is 12.0. The lowest BCUT2D eigenvalue weighted by Gasteiger charge is -2.29. The smallest absolute Gasteiger partial charge is 0.407 e. The lowest BCUT2D eigenvalue weighted by atomic mass is 9.97. The molecule has 0 radical (unpaired) electrons. The van der Waals surface area contributed by atoms with E-state index < -0.39 is 21.7 Å². The summed E-state index contributed by atoms with van der Waals surface area (Å²) in [4.78, 5) is 23.4. The second-order valence-corrected chi connectivity index (χ2v) is 8.64. The van der Waals surface area contributed by atoms with Crippen LogP contribution in [0.4, 0.5) is 4.79 Å². The molecule has 0 aliphatic carbocycles. The van der Waals surface area contributed by atoms with Crippen LogP contribution >= 0.6 is 0 Å². The molecule has 0 bridgehead atoms. The molecule has 0 spiro atoms. The van der Waals surface area contributed by atoms with E-state index in [-0.39, 0.29) is 18.4 Å². The molecule has 8 nitrogen and oxygen atoms in total. The third kappa shape index (κ3) is 7.65. The largest absolute Gasteiger partial charge is 0.444 e. The second-order valence-electron chi connectivity index (χ2n) is 6.66. The highest BCUT2D eigenvalue weighted by atomic mass is 32.2. The topological polar surface area (TPSA) is 105 Å². The zero-order chi connectivity index (χ0) is 17.7. The maximum atomic E-state index is 12.0. The zero-order valence-electron chi connectivity index (χ0n) is 14.2. The van der Waals surface area contributed by atoms with Gasteiger partial charge in [0.25, 0.3) is 0 Å². The summed E-state index contributed by atoms with van der Waals surface area (Å²) in [5.41, 5.74) is -0.555. The fourth-order valence-electron chi connectivity index (χ4n) is 2.26. The first-order valence-corrected chi connectivity index (χ1v) is 9.53. The Morgan fingerprint density at radius 3 is 2.13 bits per heavy atom.